The maximum Gasteiger partial charge on any atom is 0.389 e. The molecule has 1 amide bonds. The van der Waals surface area contributed by atoms with Crippen LogP contribution in [-0.2, 0) is 23.9 Å². The van der Waals surface area contributed by atoms with Crippen LogP contribution >= 0.6 is 0 Å². The number of rotatable bonds is 37. The molecule has 0 bridgehead atoms. The molecule has 0 saturated carbocycles. The molecule has 0 aliphatic rings. The third-order valence-electron chi connectivity index (χ3n) is 10.6. The number of halogens is 3. The lowest BCUT2D eigenvalue weighted by molar-refractivity contribution is -0.146. The van der Waals surface area contributed by atoms with E-state index in [-0.39, 0.29) is 36.7 Å². The number of nitrogens with zero attached hydrogens (tertiary/aromatic N) is 2. The first-order valence-corrected chi connectivity index (χ1v) is 22.2. The molecule has 0 N–H and O–H groups in total. The van der Waals surface area contributed by atoms with E-state index in [1.54, 1.807) is 0 Å². The molecule has 0 aromatic carbocycles. The minimum absolute atomic E-state index is 0.104. The first-order chi connectivity index (χ1) is 25.9. The Bertz CT molecular complexity index is 909. The highest BCUT2D eigenvalue weighted by Gasteiger charge is 2.29. The van der Waals surface area contributed by atoms with E-state index in [4.69, 9.17) is 9.47 Å². The Morgan fingerprint density at radius 1 is 0.519 bits per heavy atom. The van der Waals surface area contributed by atoms with E-state index in [9.17, 15) is 27.6 Å². The molecule has 0 aromatic rings. The number of alkyl halides is 3. The van der Waals surface area contributed by atoms with Crippen LogP contribution in [0.4, 0.5) is 13.2 Å². The number of amides is 1. The van der Waals surface area contributed by atoms with Gasteiger partial charge < -0.3 is 19.3 Å². The summed E-state index contributed by atoms with van der Waals surface area (Å²) in [6.45, 7) is 10.8. The average molecular weight is 777 g/mol. The van der Waals surface area contributed by atoms with Crippen LogP contribution < -0.4 is 0 Å². The van der Waals surface area contributed by atoms with Crippen LogP contribution in [0.3, 0.4) is 0 Å². The lowest BCUT2D eigenvalue weighted by atomic mass is 9.96. The predicted molar refractivity (Wildman–Crippen MR) is 216 cm³/mol. The van der Waals surface area contributed by atoms with Gasteiger partial charge in [0.05, 0.1) is 13.2 Å². The molecular weight excluding hydrogens is 693 g/mol. The van der Waals surface area contributed by atoms with Gasteiger partial charge in [-0.1, -0.05) is 118 Å². The zero-order chi connectivity index (χ0) is 40.5. The monoisotopic (exact) mass is 777 g/mol. The standard InChI is InChI=1S/C44H83F3N2O5/c1-7-11-15-18-27-39(26-14-10-4)37-54-43(52)32-22-17-20-29-40(49(35-34-48(5)6)41(50)30-23-33-44(45,46)47)28-19-16-21-31-42(51)53-36-38(24-12-8-2)25-13-9-3/h38-40H,7-37H2,1-6H3. The van der Waals surface area contributed by atoms with Crippen molar-refractivity contribution in [1.29, 1.82) is 0 Å². The van der Waals surface area contributed by atoms with Crippen LogP contribution in [0.2, 0.25) is 0 Å². The zero-order valence-corrected chi connectivity index (χ0v) is 35.7. The fourth-order valence-corrected chi connectivity index (χ4v) is 7.04. The van der Waals surface area contributed by atoms with Gasteiger partial charge in [0, 0.05) is 44.8 Å². The molecule has 0 radical (unpaired) electrons. The normalized spacial score (nSPS) is 13.0. The van der Waals surface area contributed by atoms with E-state index >= 15 is 0 Å². The Morgan fingerprint density at radius 2 is 0.944 bits per heavy atom. The molecule has 7 nitrogen and oxygen atoms in total. The smallest absolute Gasteiger partial charge is 0.389 e. The SMILES string of the molecule is CCCCCCC(CCCC)COC(=O)CCCCCC(CCCCCC(=O)OCC(CCCC)CCCC)N(CCN(C)C)C(=O)CCCC(F)(F)F. The second-order valence-electron chi connectivity index (χ2n) is 16.1. The molecule has 0 aromatic heterocycles. The molecule has 2 unspecified atom stereocenters. The van der Waals surface area contributed by atoms with Crippen LogP contribution in [0.5, 0.6) is 0 Å². The van der Waals surface area contributed by atoms with Crippen molar-refractivity contribution >= 4 is 17.8 Å². The highest BCUT2D eigenvalue weighted by atomic mass is 19.4. The molecule has 320 valence electrons. The van der Waals surface area contributed by atoms with Gasteiger partial charge in [-0.15, -0.1) is 0 Å². The van der Waals surface area contributed by atoms with Crippen molar-refractivity contribution in [3.63, 3.8) is 0 Å². The highest BCUT2D eigenvalue weighted by Crippen LogP contribution is 2.25. The van der Waals surface area contributed by atoms with E-state index in [1.165, 1.54) is 25.7 Å². The van der Waals surface area contributed by atoms with Gasteiger partial charge in [-0.25, -0.2) is 0 Å². The van der Waals surface area contributed by atoms with Crippen molar-refractivity contribution < 1.29 is 37.0 Å². The van der Waals surface area contributed by atoms with Crippen molar-refractivity contribution in [3.8, 4) is 0 Å². The first kappa shape index (κ1) is 52.2. The quantitative estimate of drug-likeness (QED) is 0.0462. The van der Waals surface area contributed by atoms with Gasteiger partial charge in [-0.3, -0.25) is 14.4 Å². The van der Waals surface area contributed by atoms with E-state index in [0.29, 0.717) is 63.8 Å². The van der Waals surface area contributed by atoms with Crippen LogP contribution in [0.15, 0.2) is 0 Å². The van der Waals surface area contributed by atoms with Gasteiger partial charge >= 0.3 is 18.1 Å². The molecule has 0 fully saturated rings. The number of carbonyl (C=O) groups is 3. The Kier molecular flexibility index (Phi) is 33.2. The Labute approximate surface area is 329 Å². The van der Waals surface area contributed by atoms with E-state index in [2.05, 4.69) is 27.7 Å². The van der Waals surface area contributed by atoms with Crippen molar-refractivity contribution in [1.82, 2.24) is 9.80 Å². The summed E-state index contributed by atoms with van der Waals surface area (Å²) >= 11 is 0. The maximum atomic E-state index is 13.4. The molecule has 0 aliphatic heterocycles. The molecule has 10 heteroatoms. The van der Waals surface area contributed by atoms with E-state index < -0.39 is 12.6 Å². The largest absolute Gasteiger partial charge is 0.465 e. The number of hydrogen-bond donors (Lipinski definition) is 0. The third-order valence-corrected chi connectivity index (χ3v) is 10.6. The van der Waals surface area contributed by atoms with E-state index in [1.807, 2.05) is 23.9 Å². The molecule has 0 rings (SSSR count). The van der Waals surface area contributed by atoms with Gasteiger partial charge in [0.25, 0.3) is 0 Å². The number of unbranched alkanes of at least 4 members (excludes halogenated alkanes) is 10. The molecular formula is C44H83F3N2O5. The number of esters is 2. The predicted octanol–water partition coefficient (Wildman–Crippen LogP) is 12.2. The van der Waals surface area contributed by atoms with E-state index in [0.717, 1.165) is 103 Å². The number of likely N-dealkylation sites (N-methyl/N-ethyl adjacent to an activating group) is 1. The summed E-state index contributed by atoms with van der Waals surface area (Å²) < 4.78 is 50.1. The number of ether oxygens (including phenoxy) is 2. The molecule has 0 saturated heterocycles. The van der Waals surface area contributed by atoms with Gasteiger partial charge in [-0.2, -0.15) is 13.2 Å². The van der Waals surface area contributed by atoms with Crippen LogP contribution in [-0.4, -0.2) is 80.3 Å². The van der Waals surface area contributed by atoms with Crippen LogP contribution in [0.1, 0.15) is 201 Å². The van der Waals surface area contributed by atoms with Gasteiger partial charge in [0.2, 0.25) is 5.91 Å². The second kappa shape index (κ2) is 34.4. The lowest BCUT2D eigenvalue weighted by Crippen LogP contribution is -2.44. The van der Waals surface area contributed by atoms with Crippen molar-refractivity contribution in [2.75, 3.05) is 40.4 Å². The summed E-state index contributed by atoms with van der Waals surface area (Å²) in [7, 11) is 3.85. The summed E-state index contributed by atoms with van der Waals surface area (Å²) in [5.41, 5.74) is 0. The zero-order valence-electron chi connectivity index (χ0n) is 35.7. The molecule has 0 aliphatic carbocycles. The van der Waals surface area contributed by atoms with Gasteiger partial charge in [0.15, 0.2) is 0 Å². The highest BCUT2D eigenvalue weighted by molar-refractivity contribution is 5.76. The number of carbonyl (C=O) groups excluding carboxylic acids is 3. The molecule has 2 atom stereocenters. The lowest BCUT2D eigenvalue weighted by Gasteiger charge is -2.33. The Hall–Kier alpha value is -1.84. The molecule has 54 heavy (non-hydrogen) atoms. The summed E-state index contributed by atoms with van der Waals surface area (Å²) in [4.78, 5) is 42.4. The van der Waals surface area contributed by atoms with Crippen molar-refractivity contribution in [3.05, 3.63) is 0 Å². The second-order valence-corrected chi connectivity index (χ2v) is 16.1. The summed E-state index contributed by atoms with van der Waals surface area (Å²) in [6, 6.07) is -0.104. The van der Waals surface area contributed by atoms with Crippen LogP contribution in [0, 0.1) is 11.8 Å². The Balaban J connectivity index is 5.17. The van der Waals surface area contributed by atoms with Crippen LogP contribution in [0.25, 0.3) is 0 Å². The summed E-state index contributed by atoms with van der Waals surface area (Å²) in [5, 5.41) is 0. The maximum absolute atomic E-state index is 13.4. The fourth-order valence-electron chi connectivity index (χ4n) is 7.04. The minimum atomic E-state index is -4.28. The fraction of sp³-hybridized carbons (Fsp3) is 0.932. The van der Waals surface area contributed by atoms with Crippen molar-refractivity contribution in [2.45, 2.75) is 213 Å². The summed E-state index contributed by atoms with van der Waals surface area (Å²) in [6.07, 6.45) is 17.4. The van der Waals surface area contributed by atoms with Gasteiger partial charge in [0.1, 0.15) is 0 Å². The summed E-state index contributed by atoms with van der Waals surface area (Å²) in [5.74, 6) is 0.322. The molecule has 0 spiro atoms. The average Bonchev–Trinajstić information content (AvgIpc) is 3.12. The topological polar surface area (TPSA) is 76.2 Å². The minimum Gasteiger partial charge on any atom is -0.465 e. The first-order valence-electron chi connectivity index (χ1n) is 22.2. The third kappa shape index (κ3) is 31.4. The Morgan fingerprint density at radius 3 is 1.37 bits per heavy atom. The number of hydrogen-bond acceptors (Lipinski definition) is 6. The molecule has 0 heterocycles. The van der Waals surface area contributed by atoms with Gasteiger partial charge in [-0.05, 0) is 83.7 Å². The van der Waals surface area contributed by atoms with Crippen molar-refractivity contribution in [2.24, 2.45) is 11.8 Å².